The van der Waals surface area contributed by atoms with Crippen LogP contribution in [0.15, 0.2) is 18.2 Å². The molecule has 0 bridgehead atoms. The zero-order valence-electron chi connectivity index (χ0n) is 10.3. The summed E-state index contributed by atoms with van der Waals surface area (Å²) in [5, 5.41) is 2.35. The standard InChI is InChI=1S/C13H16N2O2/c1-8-4-5-11(9(2)6-8)15-10(3)7-12(16)14-13(15)17/h4-6,10H,7H2,1-3H3,(H,14,16,17). The molecule has 0 radical (unpaired) electrons. The van der Waals surface area contributed by atoms with E-state index < -0.39 is 0 Å². The number of carbonyl (C=O) groups is 2. The highest BCUT2D eigenvalue weighted by molar-refractivity contribution is 6.06. The Balaban J connectivity index is 2.38. The first-order valence-electron chi connectivity index (χ1n) is 5.69. The number of carbonyl (C=O) groups excluding carboxylic acids is 2. The van der Waals surface area contributed by atoms with Gasteiger partial charge in [-0.2, -0.15) is 0 Å². The van der Waals surface area contributed by atoms with Crippen molar-refractivity contribution in [1.29, 1.82) is 0 Å². The van der Waals surface area contributed by atoms with E-state index in [1.54, 1.807) is 4.90 Å². The number of rotatable bonds is 1. The Morgan fingerprint density at radius 3 is 2.59 bits per heavy atom. The third kappa shape index (κ3) is 2.16. The molecule has 1 aliphatic rings. The van der Waals surface area contributed by atoms with Gasteiger partial charge in [-0.15, -0.1) is 0 Å². The summed E-state index contributed by atoms with van der Waals surface area (Å²) in [5.74, 6) is -0.205. The van der Waals surface area contributed by atoms with E-state index in [0.29, 0.717) is 6.42 Å². The van der Waals surface area contributed by atoms with Gasteiger partial charge in [-0.1, -0.05) is 17.7 Å². The molecule has 1 saturated heterocycles. The zero-order chi connectivity index (χ0) is 12.6. The Morgan fingerprint density at radius 2 is 2.00 bits per heavy atom. The Labute approximate surface area is 101 Å². The van der Waals surface area contributed by atoms with Crippen molar-refractivity contribution < 1.29 is 9.59 Å². The van der Waals surface area contributed by atoms with Crippen molar-refractivity contribution in [3.05, 3.63) is 29.3 Å². The van der Waals surface area contributed by atoms with Crippen LogP contribution >= 0.6 is 0 Å². The van der Waals surface area contributed by atoms with Crippen molar-refractivity contribution in [2.75, 3.05) is 4.90 Å². The molecule has 1 aromatic rings. The van der Waals surface area contributed by atoms with E-state index in [1.165, 1.54) is 0 Å². The summed E-state index contributed by atoms with van der Waals surface area (Å²) in [4.78, 5) is 24.7. The highest BCUT2D eigenvalue weighted by Gasteiger charge is 2.31. The summed E-state index contributed by atoms with van der Waals surface area (Å²) in [6.45, 7) is 5.87. The summed E-state index contributed by atoms with van der Waals surface area (Å²) in [7, 11) is 0. The molecular weight excluding hydrogens is 216 g/mol. The number of urea groups is 1. The average Bonchev–Trinajstić information content (AvgIpc) is 2.19. The molecule has 0 aromatic heterocycles. The number of aryl methyl sites for hydroxylation is 2. The van der Waals surface area contributed by atoms with Crippen molar-refractivity contribution in [3.8, 4) is 0 Å². The van der Waals surface area contributed by atoms with Gasteiger partial charge in [0.1, 0.15) is 0 Å². The summed E-state index contributed by atoms with van der Waals surface area (Å²) in [6.07, 6.45) is 0.346. The molecule has 0 aliphatic carbocycles. The quantitative estimate of drug-likeness (QED) is 0.806. The average molecular weight is 232 g/mol. The molecule has 1 aromatic carbocycles. The third-order valence-corrected chi connectivity index (χ3v) is 3.00. The van der Waals surface area contributed by atoms with Gasteiger partial charge in [-0.25, -0.2) is 4.79 Å². The number of benzene rings is 1. The van der Waals surface area contributed by atoms with E-state index in [2.05, 4.69) is 5.32 Å². The number of hydrogen-bond acceptors (Lipinski definition) is 2. The van der Waals surface area contributed by atoms with Gasteiger partial charge in [0.2, 0.25) is 5.91 Å². The molecule has 0 spiro atoms. The minimum absolute atomic E-state index is 0.0994. The van der Waals surface area contributed by atoms with E-state index in [9.17, 15) is 9.59 Å². The summed E-state index contributed by atoms with van der Waals surface area (Å²) >= 11 is 0. The summed E-state index contributed by atoms with van der Waals surface area (Å²) < 4.78 is 0. The number of amides is 3. The minimum atomic E-state index is -0.333. The second-order valence-corrected chi connectivity index (χ2v) is 4.57. The van der Waals surface area contributed by atoms with E-state index in [0.717, 1.165) is 16.8 Å². The maximum absolute atomic E-state index is 11.8. The molecule has 1 heterocycles. The van der Waals surface area contributed by atoms with Gasteiger partial charge < -0.3 is 0 Å². The van der Waals surface area contributed by atoms with Gasteiger partial charge in [0.05, 0.1) is 0 Å². The van der Waals surface area contributed by atoms with E-state index >= 15 is 0 Å². The third-order valence-electron chi connectivity index (χ3n) is 3.00. The number of hydrogen-bond donors (Lipinski definition) is 1. The van der Waals surface area contributed by atoms with Crippen LogP contribution in [0.4, 0.5) is 10.5 Å². The highest BCUT2D eigenvalue weighted by atomic mass is 16.2. The van der Waals surface area contributed by atoms with Crippen LogP contribution in [-0.4, -0.2) is 18.0 Å². The fraction of sp³-hybridized carbons (Fsp3) is 0.385. The van der Waals surface area contributed by atoms with Crippen LogP contribution in [0, 0.1) is 13.8 Å². The molecule has 3 amide bonds. The van der Waals surface area contributed by atoms with E-state index in [1.807, 2.05) is 39.0 Å². The molecule has 2 rings (SSSR count). The number of anilines is 1. The van der Waals surface area contributed by atoms with Crippen LogP contribution in [0.5, 0.6) is 0 Å². The van der Waals surface area contributed by atoms with E-state index in [-0.39, 0.29) is 18.0 Å². The lowest BCUT2D eigenvalue weighted by atomic mass is 10.1. The van der Waals surface area contributed by atoms with Gasteiger partial charge in [-0.3, -0.25) is 15.0 Å². The summed E-state index contributed by atoms with van der Waals surface area (Å²) in [5.41, 5.74) is 3.07. The molecule has 17 heavy (non-hydrogen) atoms. The van der Waals surface area contributed by atoms with Crippen LogP contribution < -0.4 is 10.2 Å². The van der Waals surface area contributed by atoms with Crippen molar-refractivity contribution >= 4 is 17.6 Å². The van der Waals surface area contributed by atoms with Gasteiger partial charge >= 0.3 is 6.03 Å². The smallest absolute Gasteiger partial charge is 0.291 e. The first-order valence-corrected chi connectivity index (χ1v) is 5.69. The van der Waals surface area contributed by atoms with E-state index in [4.69, 9.17) is 0 Å². The lowest BCUT2D eigenvalue weighted by Gasteiger charge is -2.33. The second-order valence-electron chi connectivity index (χ2n) is 4.57. The van der Waals surface area contributed by atoms with Gasteiger partial charge in [0.15, 0.2) is 0 Å². The lowest BCUT2D eigenvalue weighted by molar-refractivity contribution is -0.120. The van der Waals surface area contributed by atoms with Crippen LogP contribution in [0.2, 0.25) is 0 Å². The molecule has 0 saturated carbocycles. The topological polar surface area (TPSA) is 49.4 Å². The van der Waals surface area contributed by atoms with Crippen molar-refractivity contribution in [2.24, 2.45) is 0 Å². The first-order chi connectivity index (χ1) is 7.99. The molecule has 1 aliphatic heterocycles. The Kier molecular flexibility index (Phi) is 2.88. The molecule has 1 fully saturated rings. The molecule has 1 unspecified atom stereocenters. The van der Waals surface area contributed by atoms with Crippen molar-refractivity contribution in [2.45, 2.75) is 33.2 Å². The van der Waals surface area contributed by atoms with Crippen molar-refractivity contribution in [3.63, 3.8) is 0 Å². The van der Waals surface area contributed by atoms with Crippen LogP contribution in [0.25, 0.3) is 0 Å². The Hall–Kier alpha value is -1.84. The van der Waals surface area contributed by atoms with Crippen LogP contribution in [-0.2, 0) is 4.79 Å². The fourth-order valence-electron chi connectivity index (χ4n) is 2.21. The zero-order valence-corrected chi connectivity index (χ0v) is 10.3. The normalized spacial score (nSPS) is 20.4. The first kappa shape index (κ1) is 11.6. The number of nitrogens with one attached hydrogen (secondary N) is 1. The molecule has 4 nitrogen and oxygen atoms in total. The monoisotopic (exact) mass is 232 g/mol. The SMILES string of the molecule is Cc1ccc(N2C(=O)NC(=O)CC2C)c(C)c1. The minimum Gasteiger partial charge on any atom is -0.291 e. The van der Waals surface area contributed by atoms with Crippen LogP contribution in [0.3, 0.4) is 0 Å². The highest BCUT2D eigenvalue weighted by Crippen LogP contribution is 2.25. The lowest BCUT2D eigenvalue weighted by Crippen LogP contribution is -2.54. The molecule has 1 N–H and O–H groups in total. The fourth-order valence-corrected chi connectivity index (χ4v) is 2.21. The molecule has 4 heteroatoms. The van der Waals surface area contributed by atoms with Gasteiger partial charge in [0, 0.05) is 18.2 Å². The molecular formula is C13H16N2O2. The van der Waals surface area contributed by atoms with Gasteiger partial charge in [-0.05, 0) is 32.4 Å². The summed E-state index contributed by atoms with van der Waals surface area (Å²) in [6, 6.07) is 5.50. The second kappa shape index (κ2) is 4.20. The molecule has 90 valence electrons. The number of imide groups is 1. The largest absolute Gasteiger partial charge is 0.328 e. The number of nitrogens with zero attached hydrogens (tertiary/aromatic N) is 1. The maximum atomic E-state index is 11.8. The maximum Gasteiger partial charge on any atom is 0.328 e. The van der Waals surface area contributed by atoms with Gasteiger partial charge in [0.25, 0.3) is 0 Å². The predicted molar refractivity (Wildman–Crippen MR) is 66.0 cm³/mol. The Morgan fingerprint density at radius 1 is 1.29 bits per heavy atom. The molecule has 1 atom stereocenters. The van der Waals surface area contributed by atoms with Crippen LogP contribution in [0.1, 0.15) is 24.5 Å². The predicted octanol–water partition coefficient (Wildman–Crippen LogP) is 2.14. The van der Waals surface area contributed by atoms with Crippen molar-refractivity contribution in [1.82, 2.24) is 5.32 Å². The Bertz CT molecular complexity index is 482.